The van der Waals surface area contributed by atoms with Crippen molar-refractivity contribution in [2.75, 3.05) is 12.4 Å². The molecule has 1 aliphatic rings. The molecule has 0 amide bonds. The van der Waals surface area contributed by atoms with Gasteiger partial charge in [0.1, 0.15) is 11.5 Å². The molecule has 0 radical (unpaired) electrons. The summed E-state index contributed by atoms with van der Waals surface area (Å²) in [4.78, 5) is 14.2. The standard InChI is InChI=1S/C16H22N4S/c1-16(2,3)15-19-12(9-21-15)14-18-11-8-6-5-7-10(11)13(17-4)20-14/h9H,5-8H2,1-4H3,(H,17,18,20). The fraction of sp³-hybridized carbons (Fsp3) is 0.562. The van der Waals surface area contributed by atoms with Crippen LogP contribution in [0.4, 0.5) is 5.82 Å². The Bertz CT molecular complexity index is 638. The molecule has 0 aromatic carbocycles. The maximum atomic E-state index is 4.78. The van der Waals surface area contributed by atoms with E-state index in [0.717, 1.165) is 35.2 Å². The minimum Gasteiger partial charge on any atom is -0.373 e. The quantitative estimate of drug-likeness (QED) is 0.916. The summed E-state index contributed by atoms with van der Waals surface area (Å²) in [7, 11) is 1.93. The van der Waals surface area contributed by atoms with Crippen molar-refractivity contribution >= 4 is 17.2 Å². The van der Waals surface area contributed by atoms with Crippen LogP contribution in [0.15, 0.2) is 5.38 Å². The minimum atomic E-state index is 0.0724. The smallest absolute Gasteiger partial charge is 0.181 e. The lowest BCUT2D eigenvalue weighted by Crippen LogP contribution is -2.12. The molecule has 0 saturated heterocycles. The lowest BCUT2D eigenvalue weighted by atomic mass is 9.96. The fourth-order valence-electron chi connectivity index (χ4n) is 2.64. The van der Waals surface area contributed by atoms with Gasteiger partial charge in [-0.1, -0.05) is 20.8 Å². The van der Waals surface area contributed by atoms with Crippen molar-refractivity contribution in [3.05, 3.63) is 21.6 Å². The highest BCUT2D eigenvalue weighted by molar-refractivity contribution is 7.10. The molecule has 0 aliphatic heterocycles. The van der Waals surface area contributed by atoms with E-state index in [0.29, 0.717) is 0 Å². The lowest BCUT2D eigenvalue weighted by molar-refractivity contribution is 0.585. The van der Waals surface area contributed by atoms with Gasteiger partial charge in [0.25, 0.3) is 0 Å². The molecular weight excluding hydrogens is 280 g/mol. The number of anilines is 1. The van der Waals surface area contributed by atoms with Crippen LogP contribution in [-0.4, -0.2) is 22.0 Å². The molecule has 0 fully saturated rings. The number of thiazole rings is 1. The van der Waals surface area contributed by atoms with Gasteiger partial charge in [-0.05, 0) is 25.7 Å². The molecule has 3 rings (SSSR count). The summed E-state index contributed by atoms with van der Waals surface area (Å²) in [6.07, 6.45) is 4.58. The first-order valence-electron chi connectivity index (χ1n) is 7.53. The van der Waals surface area contributed by atoms with Crippen LogP contribution in [0.5, 0.6) is 0 Å². The number of fused-ring (bicyclic) bond motifs is 1. The highest BCUT2D eigenvalue weighted by Gasteiger charge is 2.22. The molecule has 2 aromatic heterocycles. The summed E-state index contributed by atoms with van der Waals surface area (Å²) < 4.78 is 0. The third kappa shape index (κ3) is 2.79. The highest BCUT2D eigenvalue weighted by atomic mass is 32.1. The van der Waals surface area contributed by atoms with Crippen LogP contribution in [0.3, 0.4) is 0 Å². The van der Waals surface area contributed by atoms with E-state index in [2.05, 4.69) is 31.5 Å². The number of hydrogen-bond donors (Lipinski definition) is 1. The van der Waals surface area contributed by atoms with Crippen molar-refractivity contribution in [1.29, 1.82) is 0 Å². The van der Waals surface area contributed by atoms with Crippen LogP contribution in [0.25, 0.3) is 11.5 Å². The van der Waals surface area contributed by atoms with E-state index in [1.54, 1.807) is 11.3 Å². The van der Waals surface area contributed by atoms with E-state index < -0.39 is 0 Å². The lowest BCUT2D eigenvalue weighted by Gasteiger charge is -2.18. The summed E-state index contributed by atoms with van der Waals surface area (Å²) in [6, 6.07) is 0. The Morgan fingerprint density at radius 1 is 1.10 bits per heavy atom. The summed E-state index contributed by atoms with van der Waals surface area (Å²) in [5, 5.41) is 6.43. The van der Waals surface area contributed by atoms with E-state index in [1.165, 1.54) is 24.1 Å². The largest absolute Gasteiger partial charge is 0.373 e. The van der Waals surface area contributed by atoms with Crippen molar-refractivity contribution < 1.29 is 0 Å². The molecule has 4 nitrogen and oxygen atoms in total. The second-order valence-corrected chi connectivity index (χ2v) is 7.42. The Kier molecular flexibility index (Phi) is 3.69. The van der Waals surface area contributed by atoms with Crippen LogP contribution in [0, 0.1) is 0 Å². The average Bonchev–Trinajstić information content (AvgIpc) is 2.96. The Hall–Kier alpha value is -1.49. The van der Waals surface area contributed by atoms with E-state index in [9.17, 15) is 0 Å². The molecule has 0 spiro atoms. The summed E-state index contributed by atoms with van der Waals surface area (Å²) in [5.74, 6) is 1.73. The van der Waals surface area contributed by atoms with Gasteiger partial charge in [0.2, 0.25) is 0 Å². The van der Waals surface area contributed by atoms with Crippen LogP contribution < -0.4 is 5.32 Å². The Balaban J connectivity index is 2.04. The van der Waals surface area contributed by atoms with E-state index in [1.807, 2.05) is 7.05 Å². The maximum Gasteiger partial charge on any atom is 0.181 e. The second-order valence-electron chi connectivity index (χ2n) is 6.57. The third-order valence-electron chi connectivity index (χ3n) is 3.79. The average molecular weight is 302 g/mol. The molecular formula is C16H22N4S. The molecule has 2 aromatic rings. The zero-order chi connectivity index (χ0) is 15.0. The molecule has 0 atom stereocenters. The maximum absolute atomic E-state index is 4.78. The Morgan fingerprint density at radius 2 is 1.86 bits per heavy atom. The first-order chi connectivity index (χ1) is 9.99. The van der Waals surface area contributed by atoms with Crippen LogP contribution in [0.1, 0.15) is 49.9 Å². The van der Waals surface area contributed by atoms with Gasteiger partial charge in [-0.2, -0.15) is 0 Å². The normalized spacial score (nSPS) is 14.9. The van der Waals surface area contributed by atoms with Gasteiger partial charge in [-0.25, -0.2) is 15.0 Å². The van der Waals surface area contributed by atoms with Crippen molar-refractivity contribution in [3.8, 4) is 11.5 Å². The van der Waals surface area contributed by atoms with E-state index in [-0.39, 0.29) is 5.41 Å². The van der Waals surface area contributed by atoms with Crippen LogP contribution >= 0.6 is 11.3 Å². The Morgan fingerprint density at radius 3 is 2.52 bits per heavy atom. The number of rotatable bonds is 2. The van der Waals surface area contributed by atoms with E-state index in [4.69, 9.17) is 15.0 Å². The summed E-state index contributed by atoms with van der Waals surface area (Å²) in [5.41, 5.74) is 3.46. The second kappa shape index (κ2) is 5.37. The molecule has 112 valence electrons. The molecule has 1 aliphatic carbocycles. The minimum absolute atomic E-state index is 0.0724. The first-order valence-corrected chi connectivity index (χ1v) is 8.41. The molecule has 5 heteroatoms. The third-order valence-corrected chi connectivity index (χ3v) is 5.06. The topological polar surface area (TPSA) is 50.7 Å². The van der Waals surface area contributed by atoms with Crippen LogP contribution in [0.2, 0.25) is 0 Å². The molecule has 0 saturated carbocycles. The van der Waals surface area contributed by atoms with E-state index >= 15 is 0 Å². The van der Waals surface area contributed by atoms with Crippen LogP contribution in [-0.2, 0) is 18.3 Å². The first kappa shape index (κ1) is 14.4. The van der Waals surface area contributed by atoms with Gasteiger partial charge < -0.3 is 5.32 Å². The zero-order valence-electron chi connectivity index (χ0n) is 13.2. The van der Waals surface area contributed by atoms with Crippen molar-refractivity contribution in [2.45, 2.75) is 51.9 Å². The predicted molar refractivity (Wildman–Crippen MR) is 88.0 cm³/mol. The molecule has 2 heterocycles. The SMILES string of the molecule is CNc1nc(-c2csc(C(C)(C)C)n2)nc2c1CCCC2. The van der Waals surface area contributed by atoms with Crippen molar-refractivity contribution in [3.63, 3.8) is 0 Å². The zero-order valence-corrected chi connectivity index (χ0v) is 14.0. The van der Waals surface area contributed by atoms with Gasteiger partial charge in [0.05, 0.1) is 5.01 Å². The Labute approximate surface area is 130 Å². The predicted octanol–water partition coefficient (Wildman–Crippen LogP) is 3.82. The number of nitrogens with zero attached hydrogens (tertiary/aromatic N) is 3. The molecule has 21 heavy (non-hydrogen) atoms. The number of aryl methyl sites for hydroxylation is 1. The van der Waals surface area contributed by atoms with Crippen molar-refractivity contribution in [2.24, 2.45) is 0 Å². The van der Waals surface area contributed by atoms with Gasteiger partial charge in [0.15, 0.2) is 5.82 Å². The summed E-state index contributed by atoms with van der Waals surface area (Å²) in [6.45, 7) is 6.55. The fourth-order valence-corrected chi connectivity index (χ4v) is 3.52. The number of aromatic nitrogens is 3. The van der Waals surface area contributed by atoms with Crippen molar-refractivity contribution in [1.82, 2.24) is 15.0 Å². The molecule has 0 bridgehead atoms. The summed E-state index contributed by atoms with van der Waals surface area (Å²) >= 11 is 1.69. The van der Waals surface area contributed by atoms with Gasteiger partial charge in [-0.3, -0.25) is 0 Å². The van der Waals surface area contributed by atoms with Gasteiger partial charge >= 0.3 is 0 Å². The number of hydrogen-bond acceptors (Lipinski definition) is 5. The number of nitrogens with one attached hydrogen (secondary N) is 1. The highest BCUT2D eigenvalue weighted by Crippen LogP contribution is 2.31. The van der Waals surface area contributed by atoms with Gasteiger partial charge in [0, 0.05) is 29.1 Å². The monoisotopic (exact) mass is 302 g/mol. The van der Waals surface area contributed by atoms with Gasteiger partial charge in [-0.15, -0.1) is 11.3 Å². The molecule has 1 N–H and O–H groups in total. The molecule has 0 unspecified atom stereocenters.